The average Bonchev–Trinajstić information content (AvgIpc) is 2.95. The minimum atomic E-state index is 0.458. The Hall–Kier alpha value is -0.800. The molecule has 3 heteroatoms. The second-order valence-electron chi connectivity index (χ2n) is 7.16. The van der Waals surface area contributed by atoms with E-state index in [0.717, 1.165) is 19.0 Å². The third-order valence-electron chi connectivity index (χ3n) is 4.90. The molecule has 0 atom stereocenters. The smallest absolute Gasteiger partial charge is 0.0947 e. The highest BCUT2D eigenvalue weighted by molar-refractivity contribution is 5.05. The Morgan fingerprint density at radius 1 is 1.38 bits per heavy atom. The van der Waals surface area contributed by atoms with Gasteiger partial charge in [0.2, 0.25) is 0 Å². The molecule has 21 heavy (non-hydrogen) atoms. The van der Waals surface area contributed by atoms with E-state index in [1.807, 2.05) is 6.26 Å². The third kappa shape index (κ3) is 5.15. The van der Waals surface area contributed by atoms with Crippen molar-refractivity contribution in [1.82, 2.24) is 10.2 Å². The van der Waals surface area contributed by atoms with Crippen LogP contribution in [0.25, 0.3) is 0 Å². The highest BCUT2D eigenvalue weighted by Crippen LogP contribution is 2.39. The molecule has 0 unspecified atom stereocenters. The van der Waals surface area contributed by atoms with Crippen molar-refractivity contribution in [1.29, 1.82) is 0 Å². The Kier molecular flexibility index (Phi) is 6.31. The van der Waals surface area contributed by atoms with Crippen molar-refractivity contribution in [3.05, 3.63) is 24.2 Å². The molecule has 0 radical (unpaired) electrons. The van der Waals surface area contributed by atoms with E-state index in [0.29, 0.717) is 5.41 Å². The monoisotopic (exact) mass is 292 g/mol. The Morgan fingerprint density at radius 3 is 2.76 bits per heavy atom. The number of hydrogen-bond acceptors (Lipinski definition) is 3. The van der Waals surface area contributed by atoms with E-state index in [1.54, 1.807) is 6.26 Å². The van der Waals surface area contributed by atoms with Crippen LogP contribution in [0.4, 0.5) is 0 Å². The van der Waals surface area contributed by atoms with E-state index >= 15 is 0 Å². The fourth-order valence-corrected chi connectivity index (χ4v) is 3.62. The first kappa shape index (κ1) is 16.6. The number of nitrogens with one attached hydrogen (secondary N) is 1. The summed E-state index contributed by atoms with van der Waals surface area (Å²) in [7, 11) is 2.24. The van der Waals surface area contributed by atoms with Gasteiger partial charge in [-0.15, -0.1) is 0 Å². The van der Waals surface area contributed by atoms with Gasteiger partial charge in [0.25, 0.3) is 0 Å². The number of furan rings is 1. The van der Waals surface area contributed by atoms with Gasteiger partial charge in [0.15, 0.2) is 0 Å². The lowest BCUT2D eigenvalue weighted by Gasteiger charge is -2.42. The third-order valence-corrected chi connectivity index (χ3v) is 4.90. The average molecular weight is 292 g/mol. The van der Waals surface area contributed by atoms with Crippen LogP contribution in [-0.4, -0.2) is 31.6 Å². The van der Waals surface area contributed by atoms with Crippen LogP contribution < -0.4 is 5.32 Å². The maximum Gasteiger partial charge on any atom is 0.0947 e. The predicted molar refractivity (Wildman–Crippen MR) is 88.3 cm³/mol. The minimum absolute atomic E-state index is 0.458. The Balaban J connectivity index is 1.91. The quantitative estimate of drug-likeness (QED) is 0.736. The summed E-state index contributed by atoms with van der Waals surface area (Å²) in [5, 5.41) is 3.68. The number of rotatable bonds is 8. The molecule has 1 heterocycles. The van der Waals surface area contributed by atoms with Gasteiger partial charge in [-0.05, 0) is 50.3 Å². The van der Waals surface area contributed by atoms with Crippen LogP contribution in [0.3, 0.4) is 0 Å². The second-order valence-corrected chi connectivity index (χ2v) is 7.16. The van der Waals surface area contributed by atoms with Gasteiger partial charge < -0.3 is 14.6 Å². The van der Waals surface area contributed by atoms with Crippen molar-refractivity contribution in [3.8, 4) is 0 Å². The van der Waals surface area contributed by atoms with Crippen molar-refractivity contribution >= 4 is 0 Å². The normalized spacial score (nSPS) is 26.4. The van der Waals surface area contributed by atoms with Crippen LogP contribution in [0.1, 0.15) is 51.5 Å². The zero-order valence-electron chi connectivity index (χ0n) is 14.0. The molecule has 0 saturated heterocycles. The second kappa shape index (κ2) is 8.00. The van der Waals surface area contributed by atoms with Gasteiger partial charge in [-0.1, -0.05) is 26.7 Å². The lowest BCUT2D eigenvalue weighted by molar-refractivity contribution is 0.0959. The number of hydrogen-bond donors (Lipinski definition) is 1. The molecule has 0 bridgehead atoms. The van der Waals surface area contributed by atoms with Gasteiger partial charge in [0, 0.05) is 25.2 Å². The Labute approximate surface area is 130 Å². The molecule has 120 valence electrons. The molecule has 1 fully saturated rings. The zero-order chi connectivity index (χ0) is 15.1. The van der Waals surface area contributed by atoms with Crippen LogP contribution in [0.15, 0.2) is 23.0 Å². The molecule has 1 aliphatic carbocycles. The summed E-state index contributed by atoms with van der Waals surface area (Å²) >= 11 is 0. The SMILES string of the molecule is CCCNCC1(CN(C)Cc2ccoc2)CCC(C)CC1. The fourth-order valence-electron chi connectivity index (χ4n) is 3.62. The first-order valence-corrected chi connectivity index (χ1v) is 8.54. The lowest BCUT2D eigenvalue weighted by Crippen LogP contribution is -2.45. The summed E-state index contributed by atoms with van der Waals surface area (Å²) in [6.45, 7) is 9.13. The molecule has 0 aliphatic heterocycles. The number of nitrogens with zero attached hydrogens (tertiary/aromatic N) is 1. The van der Waals surface area contributed by atoms with Crippen LogP contribution in [0.2, 0.25) is 0 Å². The van der Waals surface area contributed by atoms with Gasteiger partial charge in [-0.25, -0.2) is 0 Å². The van der Waals surface area contributed by atoms with Crippen LogP contribution in [-0.2, 0) is 6.54 Å². The molecular formula is C18H32N2O. The molecule has 1 aromatic heterocycles. The van der Waals surface area contributed by atoms with E-state index in [2.05, 4.69) is 37.2 Å². The fraction of sp³-hybridized carbons (Fsp3) is 0.778. The highest BCUT2D eigenvalue weighted by Gasteiger charge is 2.34. The summed E-state index contributed by atoms with van der Waals surface area (Å²) in [6, 6.07) is 2.07. The summed E-state index contributed by atoms with van der Waals surface area (Å²) in [6.07, 6.45) is 10.3. The van der Waals surface area contributed by atoms with Crippen LogP contribution in [0, 0.1) is 11.3 Å². The largest absolute Gasteiger partial charge is 0.472 e. The molecule has 0 amide bonds. The van der Waals surface area contributed by atoms with Crippen LogP contribution >= 0.6 is 0 Å². The molecule has 1 aliphatic rings. The van der Waals surface area contributed by atoms with Gasteiger partial charge in [-0.2, -0.15) is 0 Å². The molecule has 2 rings (SSSR count). The first-order valence-electron chi connectivity index (χ1n) is 8.54. The molecule has 1 saturated carbocycles. The van der Waals surface area contributed by atoms with Crippen LogP contribution in [0.5, 0.6) is 0 Å². The molecular weight excluding hydrogens is 260 g/mol. The van der Waals surface area contributed by atoms with Gasteiger partial charge in [0.1, 0.15) is 0 Å². The first-order chi connectivity index (χ1) is 10.1. The topological polar surface area (TPSA) is 28.4 Å². The van der Waals surface area contributed by atoms with E-state index in [1.165, 1.54) is 50.8 Å². The highest BCUT2D eigenvalue weighted by atomic mass is 16.3. The molecule has 1 aromatic rings. The molecule has 0 spiro atoms. The van der Waals surface area contributed by atoms with E-state index in [-0.39, 0.29) is 0 Å². The van der Waals surface area contributed by atoms with Gasteiger partial charge in [-0.3, -0.25) is 0 Å². The predicted octanol–water partition coefficient (Wildman–Crippen LogP) is 3.91. The van der Waals surface area contributed by atoms with Crippen molar-refractivity contribution < 1.29 is 4.42 Å². The minimum Gasteiger partial charge on any atom is -0.472 e. The maximum atomic E-state index is 5.18. The van der Waals surface area contributed by atoms with Crippen molar-refractivity contribution in [2.75, 3.05) is 26.7 Å². The van der Waals surface area contributed by atoms with E-state index in [9.17, 15) is 0 Å². The standard InChI is InChI=1S/C18H32N2O/c1-4-10-19-14-18(8-5-16(2)6-9-18)15-20(3)12-17-7-11-21-13-17/h7,11,13,16,19H,4-6,8-10,12,14-15H2,1-3H3. The van der Waals surface area contributed by atoms with Gasteiger partial charge >= 0.3 is 0 Å². The van der Waals surface area contributed by atoms with E-state index in [4.69, 9.17) is 4.42 Å². The van der Waals surface area contributed by atoms with E-state index < -0.39 is 0 Å². The summed E-state index contributed by atoms with van der Waals surface area (Å²) in [5.41, 5.74) is 1.73. The van der Waals surface area contributed by atoms with Crippen molar-refractivity contribution in [2.45, 2.75) is 52.5 Å². The summed E-state index contributed by atoms with van der Waals surface area (Å²) < 4.78 is 5.18. The zero-order valence-corrected chi connectivity index (χ0v) is 14.0. The Bertz CT molecular complexity index is 380. The lowest BCUT2D eigenvalue weighted by atomic mass is 9.70. The van der Waals surface area contributed by atoms with Gasteiger partial charge in [0.05, 0.1) is 12.5 Å². The molecule has 0 aromatic carbocycles. The Morgan fingerprint density at radius 2 is 2.14 bits per heavy atom. The summed E-state index contributed by atoms with van der Waals surface area (Å²) in [5.74, 6) is 0.906. The maximum absolute atomic E-state index is 5.18. The van der Waals surface area contributed by atoms with Crippen molar-refractivity contribution in [2.24, 2.45) is 11.3 Å². The molecule has 1 N–H and O–H groups in total. The van der Waals surface area contributed by atoms with Crippen molar-refractivity contribution in [3.63, 3.8) is 0 Å². The summed E-state index contributed by atoms with van der Waals surface area (Å²) in [4.78, 5) is 2.47. The molecule has 3 nitrogen and oxygen atoms in total.